The third-order valence-corrected chi connectivity index (χ3v) is 3.13. The summed E-state index contributed by atoms with van der Waals surface area (Å²) in [5.41, 5.74) is -1.06. The minimum absolute atomic E-state index is 0.253. The van der Waals surface area contributed by atoms with Crippen LogP contribution in [-0.2, 0) is 6.18 Å². The summed E-state index contributed by atoms with van der Waals surface area (Å²) in [6.45, 7) is 0. The first kappa shape index (κ1) is 17.5. The van der Waals surface area contributed by atoms with Crippen LogP contribution in [0.2, 0.25) is 0 Å². The van der Waals surface area contributed by atoms with Crippen LogP contribution in [0, 0.1) is 5.82 Å². The van der Waals surface area contributed by atoms with E-state index in [9.17, 15) is 22.4 Å². The van der Waals surface area contributed by atoms with Gasteiger partial charge in [0.2, 0.25) is 0 Å². The van der Waals surface area contributed by atoms with E-state index in [1.807, 2.05) is 0 Å². The second-order valence-corrected chi connectivity index (χ2v) is 4.76. The molecule has 0 fully saturated rings. The van der Waals surface area contributed by atoms with E-state index in [1.165, 1.54) is 13.3 Å². The van der Waals surface area contributed by atoms with E-state index in [4.69, 9.17) is 4.74 Å². The van der Waals surface area contributed by atoms with Crippen molar-refractivity contribution >= 4 is 11.5 Å². The van der Waals surface area contributed by atoms with Crippen molar-refractivity contribution in [2.75, 3.05) is 12.4 Å². The van der Waals surface area contributed by atoms with Gasteiger partial charge in [-0.15, -0.1) is 0 Å². The maximum Gasteiger partial charge on any atom is 0.419 e. The quantitative estimate of drug-likeness (QED) is 0.489. The summed E-state index contributed by atoms with van der Waals surface area (Å²) in [4.78, 5) is 11.9. The summed E-state index contributed by atoms with van der Waals surface area (Å²) in [6.07, 6.45) is -2.50. The maximum atomic E-state index is 13.2. The van der Waals surface area contributed by atoms with E-state index in [2.05, 4.69) is 5.32 Å². The van der Waals surface area contributed by atoms with Crippen LogP contribution in [0.1, 0.15) is 15.9 Å². The molecule has 0 aliphatic heterocycles. The van der Waals surface area contributed by atoms with Crippen molar-refractivity contribution in [2.24, 2.45) is 0 Å². The van der Waals surface area contributed by atoms with Gasteiger partial charge in [0, 0.05) is 23.5 Å². The molecule has 2 aromatic carbocycles. The molecule has 1 N–H and O–H groups in total. The average Bonchev–Trinajstić information content (AvgIpc) is 2.54. The highest BCUT2D eigenvalue weighted by Crippen LogP contribution is 2.32. The maximum absolute atomic E-state index is 13.2. The predicted molar refractivity (Wildman–Crippen MR) is 81.5 cm³/mol. The number of carbonyl (C=O) groups is 1. The van der Waals surface area contributed by atoms with Gasteiger partial charge in [0.05, 0.1) is 12.7 Å². The Bertz CT molecular complexity index is 752. The number of ketones is 1. The first-order valence-corrected chi connectivity index (χ1v) is 6.79. The minimum Gasteiger partial charge on any atom is -0.497 e. The molecular formula is C17H13F4NO2. The van der Waals surface area contributed by atoms with Gasteiger partial charge in [0.25, 0.3) is 0 Å². The van der Waals surface area contributed by atoms with Crippen molar-refractivity contribution in [3.63, 3.8) is 0 Å². The standard InChI is InChI=1S/C17H13F4NO2/c1-24-13-5-3-12(4-6-13)22-9-8-16(23)11-2-7-15(18)14(10-11)17(19,20)21/h2-10,22H,1H3. The molecule has 0 aliphatic rings. The van der Waals surface area contributed by atoms with Crippen molar-refractivity contribution in [1.82, 2.24) is 0 Å². The highest BCUT2D eigenvalue weighted by atomic mass is 19.4. The van der Waals surface area contributed by atoms with Crippen LogP contribution in [0.15, 0.2) is 54.7 Å². The fourth-order valence-electron chi connectivity index (χ4n) is 1.89. The summed E-state index contributed by atoms with van der Waals surface area (Å²) in [6, 6.07) is 8.93. The number of methoxy groups -OCH3 is 1. The van der Waals surface area contributed by atoms with Gasteiger partial charge in [-0.3, -0.25) is 4.79 Å². The number of alkyl halides is 3. The Kier molecular flexibility index (Phi) is 5.23. The molecule has 0 unspecified atom stereocenters. The van der Waals surface area contributed by atoms with Crippen LogP contribution in [-0.4, -0.2) is 12.9 Å². The van der Waals surface area contributed by atoms with E-state index in [0.717, 1.165) is 12.1 Å². The number of nitrogens with one attached hydrogen (secondary N) is 1. The molecule has 2 rings (SSSR count). The van der Waals surface area contributed by atoms with Crippen molar-refractivity contribution in [3.8, 4) is 5.75 Å². The number of halogens is 4. The number of anilines is 1. The normalized spacial score (nSPS) is 11.5. The molecule has 126 valence electrons. The number of hydrogen-bond acceptors (Lipinski definition) is 3. The molecule has 0 spiro atoms. The molecule has 0 atom stereocenters. The molecule has 0 amide bonds. The smallest absolute Gasteiger partial charge is 0.419 e. The average molecular weight is 339 g/mol. The summed E-state index contributed by atoms with van der Waals surface area (Å²) in [7, 11) is 1.53. The number of carbonyl (C=O) groups excluding carboxylic acids is 1. The highest BCUT2D eigenvalue weighted by Gasteiger charge is 2.34. The SMILES string of the molecule is COc1ccc(NC=CC(=O)c2ccc(F)c(C(F)(F)F)c2)cc1. The van der Waals surface area contributed by atoms with Crippen molar-refractivity contribution < 1.29 is 27.1 Å². The lowest BCUT2D eigenvalue weighted by molar-refractivity contribution is -0.140. The Labute approximate surface area is 135 Å². The molecule has 0 aromatic heterocycles. The first-order valence-electron chi connectivity index (χ1n) is 6.79. The Balaban J connectivity index is 2.08. The van der Waals surface area contributed by atoms with Crippen LogP contribution < -0.4 is 10.1 Å². The lowest BCUT2D eigenvalue weighted by atomic mass is 10.1. The van der Waals surface area contributed by atoms with Crippen LogP contribution in [0.4, 0.5) is 23.2 Å². The lowest BCUT2D eigenvalue weighted by Gasteiger charge is -2.08. The van der Waals surface area contributed by atoms with E-state index < -0.39 is 23.3 Å². The summed E-state index contributed by atoms with van der Waals surface area (Å²) in [5, 5.41) is 2.80. The molecule has 7 heteroatoms. The number of hydrogen-bond donors (Lipinski definition) is 1. The molecule has 0 saturated carbocycles. The van der Waals surface area contributed by atoms with E-state index >= 15 is 0 Å². The Morgan fingerprint density at radius 1 is 1.12 bits per heavy atom. The van der Waals surface area contributed by atoms with Crippen LogP contribution in [0.25, 0.3) is 0 Å². The monoisotopic (exact) mass is 339 g/mol. The number of benzene rings is 2. The summed E-state index contributed by atoms with van der Waals surface area (Å²) in [5.74, 6) is -1.44. The lowest BCUT2D eigenvalue weighted by Crippen LogP contribution is -2.10. The number of allylic oxidation sites excluding steroid dienone is 1. The van der Waals surface area contributed by atoms with Gasteiger partial charge in [0.1, 0.15) is 11.6 Å². The minimum atomic E-state index is -4.86. The second kappa shape index (κ2) is 7.16. The van der Waals surface area contributed by atoms with Gasteiger partial charge in [-0.1, -0.05) is 0 Å². The van der Waals surface area contributed by atoms with Gasteiger partial charge >= 0.3 is 6.18 Å². The Hall–Kier alpha value is -2.83. The van der Waals surface area contributed by atoms with Crippen molar-refractivity contribution in [3.05, 3.63) is 71.7 Å². The Morgan fingerprint density at radius 2 is 1.79 bits per heavy atom. The van der Waals surface area contributed by atoms with Crippen LogP contribution >= 0.6 is 0 Å². The molecule has 24 heavy (non-hydrogen) atoms. The molecule has 0 saturated heterocycles. The van der Waals surface area contributed by atoms with Gasteiger partial charge in [0.15, 0.2) is 5.78 Å². The molecule has 0 aliphatic carbocycles. The number of ether oxygens (including phenoxy) is 1. The van der Waals surface area contributed by atoms with Crippen molar-refractivity contribution in [1.29, 1.82) is 0 Å². The summed E-state index contributed by atoms with van der Waals surface area (Å²) < 4.78 is 56.1. The third kappa shape index (κ3) is 4.34. The van der Waals surface area contributed by atoms with Crippen molar-refractivity contribution in [2.45, 2.75) is 6.18 Å². The zero-order chi connectivity index (χ0) is 17.7. The fourth-order valence-corrected chi connectivity index (χ4v) is 1.89. The van der Waals surface area contributed by atoms with Crippen LogP contribution in [0.5, 0.6) is 5.75 Å². The zero-order valence-electron chi connectivity index (χ0n) is 12.5. The third-order valence-electron chi connectivity index (χ3n) is 3.13. The van der Waals surface area contributed by atoms with Gasteiger partial charge < -0.3 is 10.1 Å². The summed E-state index contributed by atoms with van der Waals surface area (Å²) >= 11 is 0. The van der Waals surface area contributed by atoms with Gasteiger partial charge in [-0.05, 0) is 42.5 Å². The molecule has 0 radical (unpaired) electrons. The number of rotatable bonds is 5. The van der Waals surface area contributed by atoms with E-state index in [1.54, 1.807) is 24.3 Å². The largest absolute Gasteiger partial charge is 0.497 e. The van der Waals surface area contributed by atoms with E-state index in [0.29, 0.717) is 23.6 Å². The molecule has 2 aromatic rings. The fraction of sp³-hybridized carbons (Fsp3) is 0.118. The highest BCUT2D eigenvalue weighted by molar-refractivity contribution is 6.04. The second-order valence-electron chi connectivity index (χ2n) is 4.76. The molecular weight excluding hydrogens is 326 g/mol. The van der Waals surface area contributed by atoms with Gasteiger partial charge in [-0.2, -0.15) is 13.2 Å². The molecule has 0 heterocycles. The predicted octanol–water partition coefficient (Wildman–Crippen LogP) is 4.66. The van der Waals surface area contributed by atoms with Gasteiger partial charge in [-0.25, -0.2) is 4.39 Å². The van der Waals surface area contributed by atoms with E-state index in [-0.39, 0.29) is 5.56 Å². The topological polar surface area (TPSA) is 38.3 Å². The zero-order valence-corrected chi connectivity index (χ0v) is 12.5. The van der Waals surface area contributed by atoms with Crippen LogP contribution in [0.3, 0.4) is 0 Å². The molecule has 0 bridgehead atoms. The molecule has 3 nitrogen and oxygen atoms in total. The first-order chi connectivity index (χ1) is 11.3. The Morgan fingerprint density at radius 3 is 2.38 bits per heavy atom.